The number of pyridine rings is 1. The van der Waals surface area contributed by atoms with Gasteiger partial charge in [-0.05, 0) is 73.2 Å². The van der Waals surface area contributed by atoms with E-state index in [0.29, 0.717) is 32.4 Å². The second kappa shape index (κ2) is 10.8. The van der Waals surface area contributed by atoms with Crippen LogP contribution in [0.2, 0.25) is 10.0 Å². The fourth-order valence-electron chi connectivity index (χ4n) is 4.49. The molecular weight excluding hydrogens is 539 g/mol. The number of amides is 1. The first-order chi connectivity index (χ1) is 18.2. The van der Waals surface area contributed by atoms with Crippen molar-refractivity contribution in [2.24, 2.45) is 5.92 Å². The molecule has 0 unspecified atom stereocenters. The van der Waals surface area contributed by atoms with Crippen LogP contribution in [0.1, 0.15) is 42.9 Å². The fourth-order valence-corrected chi connectivity index (χ4v) is 5.23. The summed E-state index contributed by atoms with van der Waals surface area (Å²) in [5, 5.41) is 7.89. The molecule has 1 aliphatic rings. The Kier molecular flexibility index (Phi) is 7.43. The summed E-state index contributed by atoms with van der Waals surface area (Å²) in [7, 11) is 0. The zero-order chi connectivity index (χ0) is 27.0. The first-order valence-electron chi connectivity index (χ1n) is 12.2. The van der Waals surface area contributed by atoms with E-state index in [9.17, 15) is 4.79 Å². The second-order valence-electron chi connectivity index (χ2n) is 9.42. The summed E-state index contributed by atoms with van der Waals surface area (Å²) >= 11 is 18.8. The van der Waals surface area contributed by atoms with Gasteiger partial charge in [0.25, 0.3) is 0 Å². The van der Waals surface area contributed by atoms with Crippen molar-refractivity contribution in [3.63, 3.8) is 0 Å². The quantitative estimate of drug-likeness (QED) is 0.233. The molecular formula is C29H26Cl2N4O2S. The average molecular weight is 566 g/mol. The third-order valence-corrected chi connectivity index (χ3v) is 7.60. The Balaban J connectivity index is 1.56. The number of rotatable bonds is 6. The Bertz CT molecular complexity index is 1510. The van der Waals surface area contributed by atoms with E-state index in [0.717, 1.165) is 22.5 Å². The van der Waals surface area contributed by atoms with Crippen molar-refractivity contribution in [2.75, 3.05) is 10.2 Å². The van der Waals surface area contributed by atoms with Crippen LogP contribution in [-0.4, -0.2) is 16.0 Å². The minimum Gasteiger partial charge on any atom is -0.459 e. The highest BCUT2D eigenvalue weighted by molar-refractivity contribution is 7.80. The van der Waals surface area contributed by atoms with Crippen LogP contribution >= 0.6 is 35.4 Å². The molecule has 194 valence electrons. The number of hydrogen-bond acceptors (Lipinski definition) is 4. The van der Waals surface area contributed by atoms with Gasteiger partial charge in [0.1, 0.15) is 17.6 Å². The van der Waals surface area contributed by atoms with Crippen molar-refractivity contribution in [3.05, 3.63) is 100.0 Å². The summed E-state index contributed by atoms with van der Waals surface area (Å²) in [6, 6.07) is 20.3. The van der Waals surface area contributed by atoms with Gasteiger partial charge >= 0.3 is 0 Å². The van der Waals surface area contributed by atoms with Crippen molar-refractivity contribution in [1.29, 1.82) is 0 Å². The summed E-state index contributed by atoms with van der Waals surface area (Å²) in [5.41, 5.74) is 3.99. The van der Waals surface area contributed by atoms with E-state index >= 15 is 0 Å². The molecule has 2 N–H and O–H groups in total. The Morgan fingerprint density at radius 3 is 2.61 bits per heavy atom. The van der Waals surface area contributed by atoms with E-state index in [-0.39, 0.29) is 23.9 Å². The van der Waals surface area contributed by atoms with Crippen molar-refractivity contribution >= 4 is 57.8 Å². The molecule has 6 nitrogen and oxygen atoms in total. The summed E-state index contributed by atoms with van der Waals surface area (Å²) in [6.07, 6.45) is 1.76. The van der Waals surface area contributed by atoms with Crippen LogP contribution in [-0.2, 0) is 4.79 Å². The van der Waals surface area contributed by atoms with Crippen LogP contribution in [0.15, 0.2) is 77.3 Å². The Morgan fingerprint density at radius 2 is 1.89 bits per heavy atom. The van der Waals surface area contributed by atoms with E-state index in [1.807, 2.05) is 80.3 Å². The van der Waals surface area contributed by atoms with Gasteiger partial charge < -0.3 is 20.0 Å². The maximum absolute atomic E-state index is 12.2. The van der Waals surface area contributed by atoms with Crippen LogP contribution in [0.3, 0.4) is 0 Å². The molecule has 1 aliphatic heterocycles. The van der Waals surface area contributed by atoms with Gasteiger partial charge in [0.15, 0.2) is 5.11 Å². The molecule has 2 atom stereocenters. The molecule has 0 spiro atoms. The van der Waals surface area contributed by atoms with Crippen molar-refractivity contribution < 1.29 is 9.21 Å². The number of anilines is 2. The molecule has 2 aromatic heterocycles. The number of benzene rings is 2. The molecule has 2 aromatic carbocycles. The molecule has 1 fully saturated rings. The normalized spacial score (nSPS) is 17.1. The lowest BCUT2D eigenvalue weighted by atomic mass is 10.0. The van der Waals surface area contributed by atoms with Crippen molar-refractivity contribution in [3.8, 4) is 11.3 Å². The highest BCUT2D eigenvalue weighted by atomic mass is 35.5. The predicted octanol–water partition coefficient (Wildman–Crippen LogP) is 7.73. The first kappa shape index (κ1) is 26.2. The maximum Gasteiger partial charge on any atom is 0.226 e. The molecule has 0 aliphatic carbocycles. The number of nitrogens with one attached hydrogen (secondary N) is 2. The zero-order valence-corrected chi connectivity index (χ0v) is 23.4. The number of aromatic nitrogens is 1. The van der Waals surface area contributed by atoms with Gasteiger partial charge in [0.2, 0.25) is 5.91 Å². The third kappa shape index (κ3) is 5.01. The number of nitrogens with zero attached hydrogens (tertiary/aromatic N) is 2. The van der Waals surface area contributed by atoms with Crippen molar-refractivity contribution in [1.82, 2.24) is 10.3 Å². The summed E-state index contributed by atoms with van der Waals surface area (Å²) in [5.74, 6) is 1.14. The first-order valence-corrected chi connectivity index (χ1v) is 13.4. The number of furan rings is 1. The monoisotopic (exact) mass is 564 g/mol. The summed E-state index contributed by atoms with van der Waals surface area (Å²) in [6.45, 7) is 5.63. The summed E-state index contributed by atoms with van der Waals surface area (Å²) in [4.78, 5) is 18.8. The molecule has 3 heterocycles. The number of carbonyl (C=O) groups is 1. The molecule has 0 bridgehead atoms. The van der Waals surface area contributed by atoms with E-state index < -0.39 is 0 Å². The maximum atomic E-state index is 12.2. The molecule has 5 rings (SSSR count). The molecule has 0 radical (unpaired) electrons. The molecule has 1 saturated heterocycles. The zero-order valence-electron chi connectivity index (χ0n) is 21.0. The van der Waals surface area contributed by atoms with E-state index in [4.69, 9.17) is 39.8 Å². The predicted molar refractivity (Wildman–Crippen MR) is 157 cm³/mol. The number of thiocarbonyl (C=S) groups is 1. The van der Waals surface area contributed by atoms with Crippen molar-refractivity contribution in [2.45, 2.75) is 32.9 Å². The average Bonchev–Trinajstić information content (AvgIpc) is 3.52. The Morgan fingerprint density at radius 1 is 1.08 bits per heavy atom. The van der Waals surface area contributed by atoms with Crippen LogP contribution in [0.4, 0.5) is 11.4 Å². The number of halogens is 2. The van der Waals surface area contributed by atoms with Gasteiger partial charge in [0.05, 0.1) is 22.4 Å². The molecule has 38 heavy (non-hydrogen) atoms. The fraction of sp³-hybridized carbons (Fsp3) is 0.207. The van der Waals surface area contributed by atoms with E-state index in [1.54, 1.807) is 18.3 Å². The lowest BCUT2D eigenvalue weighted by molar-refractivity contribution is -0.118. The topological polar surface area (TPSA) is 70.4 Å². The Labute approximate surface area is 237 Å². The van der Waals surface area contributed by atoms with Crippen LogP contribution < -0.4 is 15.5 Å². The number of carbonyl (C=O) groups excluding carboxylic acids is 1. The van der Waals surface area contributed by atoms with Gasteiger partial charge in [-0.2, -0.15) is 0 Å². The van der Waals surface area contributed by atoms with Gasteiger partial charge in [-0.3, -0.25) is 9.78 Å². The van der Waals surface area contributed by atoms with Gasteiger partial charge in [-0.15, -0.1) is 0 Å². The highest BCUT2D eigenvalue weighted by Gasteiger charge is 2.42. The highest BCUT2D eigenvalue weighted by Crippen LogP contribution is 2.44. The smallest absolute Gasteiger partial charge is 0.226 e. The lowest BCUT2D eigenvalue weighted by Gasteiger charge is -2.26. The number of hydrogen-bond donors (Lipinski definition) is 2. The largest absolute Gasteiger partial charge is 0.459 e. The summed E-state index contributed by atoms with van der Waals surface area (Å²) < 4.78 is 6.46. The van der Waals surface area contributed by atoms with Crippen LogP contribution in [0, 0.1) is 12.8 Å². The van der Waals surface area contributed by atoms with Gasteiger partial charge in [-0.1, -0.05) is 55.2 Å². The second-order valence-corrected chi connectivity index (χ2v) is 10.6. The van der Waals surface area contributed by atoms with Crippen LogP contribution in [0.5, 0.6) is 0 Å². The van der Waals surface area contributed by atoms with Gasteiger partial charge in [-0.25, -0.2) is 0 Å². The van der Waals surface area contributed by atoms with E-state index in [2.05, 4.69) is 15.6 Å². The van der Waals surface area contributed by atoms with Crippen LogP contribution in [0.25, 0.3) is 11.3 Å². The minimum atomic E-state index is -0.349. The molecule has 0 saturated carbocycles. The molecule has 9 heteroatoms. The Hall–Kier alpha value is -3.39. The molecule has 1 amide bonds. The minimum absolute atomic E-state index is 0.106. The van der Waals surface area contributed by atoms with Gasteiger partial charge in [0, 0.05) is 28.4 Å². The lowest BCUT2D eigenvalue weighted by Crippen LogP contribution is -2.29. The van der Waals surface area contributed by atoms with E-state index in [1.165, 1.54) is 0 Å². The SMILES string of the molecule is Cc1c(Cl)cccc1-c1ccc([C@@H]2[C@H](c3ccccn3)NC(=S)N2c2ccc(NC(=O)C(C)C)c(Cl)c2)o1. The third-order valence-electron chi connectivity index (χ3n) is 6.56. The standard InChI is InChI=1S/C29H26Cl2N4O2S/c1-16(2)28(36)33-22-11-10-18(15-21(22)31)35-27(26(34-29(35)38)23-9-4-5-14-32-23)25-13-12-24(37-25)19-7-6-8-20(30)17(19)3/h4-16,26-27H,1-3H3,(H,33,36)(H,34,38)/t26-,27+/m0/s1. The molecule has 4 aromatic rings.